The van der Waals surface area contributed by atoms with Gasteiger partial charge >= 0.3 is 0 Å². The molecule has 0 bridgehead atoms. The van der Waals surface area contributed by atoms with Gasteiger partial charge in [-0.05, 0) is 43.4 Å². The molecule has 1 aromatic rings. The van der Waals surface area contributed by atoms with E-state index >= 15 is 0 Å². The van der Waals surface area contributed by atoms with Crippen LogP contribution in [0.15, 0.2) is 23.2 Å². The highest BCUT2D eigenvalue weighted by Crippen LogP contribution is 2.33. The van der Waals surface area contributed by atoms with Crippen molar-refractivity contribution in [2.75, 3.05) is 26.3 Å². The molecule has 4 rings (SSSR count). The maximum atomic E-state index is 13.1. The number of nitrogens with zero attached hydrogens (tertiary/aromatic N) is 3. The van der Waals surface area contributed by atoms with E-state index in [4.69, 9.17) is 4.74 Å². The van der Waals surface area contributed by atoms with E-state index in [1.54, 1.807) is 6.07 Å². The van der Waals surface area contributed by atoms with Gasteiger partial charge in [-0.1, -0.05) is 26.2 Å². The third kappa shape index (κ3) is 4.84. The molecule has 0 aromatic heterocycles. The minimum Gasteiger partial charge on any atom is -0.484 e. The lowest BCUT2D eigenvalue weighted by molar-refractivity contribution is -0.137. The SMILES string of the molecule is CCCC(C1CCCC1)N(CCO)C(=O)COc1ccc2c(c1)CN1CC(=O)NC1=N2. The molecule has 8 nitrogen and oxygen atoms in total. The van der Waals surface area contributed by atoms with Crippen molar-refractivity contribution in [3.8, 4) is 5.75 Å². The molecule has 2 heterocycles. The zero-order chi connectivity index (χ0) is 21.8. The van der Waals surface area contributed by atoms with Gasteiger partial charge in [0.15, 0.2) is 6.61 Å². The van der Waals surface area contributed by atoms with Crippen LogP contribution in [0.25, 0.3) is 0 Å². The highest BCUT2D eigenvalue weighted by atomic mass is 16.5. The molecule has 1 aromatic carbocycles. The van der Waals surface area contributed by atoms with Crippen LogP contribution in [0.1, 0.15) is 51.0 Å². The highest BCUT2D eigenvalue weighted by molar-refractivity contribution is 6.05. The maximum absolute atomic E-state index is 13.1. The molecule has 8 heteroatoms. The number of carbonyl (C=O) groups is 2. The number of hydrogen-bond acceptors (Lipinski definition) is 6. The normalized spacial score (nSPS) is 18.8. The highest BCUT2D eigenvalue weighted by Gasteiger charge is 2.32. The molecule has 168 valence electrons. The van der Waals surface area contributed by atoms with Crippen molar-refractivity contribution in [2.24, 2.45) is 10.9 Å². The number of guanidine groups is 1. The van der Waals surface area contributed by atoms with E-state index in [2.05, 4.69) is 17.2 Å². The molecule has 31 heavy (non-hydrogen) atoms. The molecule has 0 spiro atoms. The molecule has 2 N–H and O–H groups in total. The molecule has 2 fully saturated rings. The van der Waals surface area contributed by atoms with Crippen LogP contribution in [0.5, 0.6) is 5.75 Å². The zero-order valence-corrected chi connectivity index (χ0v) is 18.2. The molecule has 2 amide bonds. The average molecular weight is 429 g/mol. The fourth-order valence-electron chi connectivity index (χ4n) is 5.02. The lowest BCUT2D eigenvalue weighted by atomic mass is 9.92. The Hall–Kier alpha value is -2.61. The van der Waals surface area contributed by atoms with Crippen molar-refractivity contribution in [1.29, 1.82) is 0 Å². The molecule has 2 aliphatic heterocycles. The monoisotopic (exact) mass is 428 g/mol. The predicted molar refractivity (Wildman–Crippen MR) is 117 cm³/mol. The number of aliphatic hydroxyl groups excluding tert-OH is 1. The summed E-state index contributed by atoms with van der Waals surface area (Å²) in [7, 11) is 0. The topological polar surface area (TPSA) is 94.5 Å². The van der Waals surface area contributed by atoms with Crippen molar-refractivity contribution in [3.05, 3.63) is 23.8 Å². The third-order valence-corrected chi connectivity index (χ3v) is 6.48. The number of benzene rings is 1. The molecule has 3 aliphatic rings. The van der Waals surface area contributed by atoms with Crippen molar-refractivity contribution in [3.63, 3.8) is 0 Å². The molecular formula is C23H32N4O4. The van der Waals surface area contributed by atoms with Gasteiger partial charge in [0.1, 0.15) is 12.3 Å². The van der Waals surface area contributed by atoms with Gasteiger partial charge in [0.25, 0.3) is 5.91 Å². The van der Waals surface area contributed by atoms with Gasteiger partial charge in [0, 0.05) is 24.7 Å². The molecule has 1 unspecified atom stereocenters. The fourth-order valence-corrected chi connectivity index (χ4v) is 5.02. The molecular weight excluding hydrogens is 396 g/mol. The van der Waals surface area contributed by atoms with Crippen LogP contribution in [0.2, 0.25) is 0 Å². The number of rotatable bonds is 9. The molecule has 0 radical (unpaired) electrons. The Bertz CT molecular complexity index is 850. The summed E-state index contributed by atoms with van der Waals surface area (Å²) in [5.74, 6) is 1.59. The number of carbonyl (C=O) groups excluding carboxylic acids is 2. The Morgan fingerprint density at radius 1 is 1.35 bits per heavy atom. The van der Waals surface area contributed by atoms with Gasteiger partial charge in [-0.3, -0.25) is 14.9 Å². The molecule has 1 aliphatic carbocycles. The summed E-state index contributed by atoms with van der Waals surface area (Å²) in [5.41, 5.74) is 1.77. The lowest BCUT2D eigenvalue weighted by Crippen LogP contribution is -2.47. The Morgan fingerprint density at radius 3 is 2.90 bits per heavy atom. The van der Waals surface area contributed by atoms with Gasteiger partial charge in [0.05, 0.1) is 12.3 Å². The van der Waals surface area contributed by atoms with Gasteiger partial charge in [-0.25, -0.2) is 4.99 Å². The number of fused-ring (bicyclic) bond motifs is 2. The summed E-state index contributed by atoms with van der Waals surface area (Å²) in [5, 5.41) is 12.3. The van der Waals surface area contributed by atoms with Crippen molar-refractivity contribution < 1.29 is 19.4 Å². The minimum atomic E-state index is -0.0771. The van der Waals surface area contributed by atoms with Crippen LogP contribution >= 0.6 is 0 Å². The van der Waals surface area contributed by atoms with E-state index < -0.39 is 0 Å². The van der Waals surface area contributed by atoms with Crippen molar-refractivity contribution >= 4 is 23.5 Å². The summed E-state index contributed by atoms with van der Waals surface area (Å²) in [6.07, 6.45) is 6.72. The van der Waals surface area contributed by atoms with Crippen LogP contribution in [0.4, 0.5) is 5.69 Å². The van der Waals surface area contributed by atoms with Gasteiger partial charge in [-0.15, -0.1) is 0 Å². The van der Waals surface area contributed by atoms with Crippen LogP contribution in [-0.2, 0) is 16.1 Å². The van der Waals surface area contributed by atoms with Crippen LogP contribution in [0, 0.1) is 5.92 Å². The molecule has 1 saturated heterocycles. The zero-order valence-electron chi connectivity index (χ0n) is 18.2. The average Bonchev–Trinajstić information content (AvgIpc) is 3.41. The van der Waals surface area contributed by atoms with Crippen molar-refractivity contribution in [1.82, 2.24) is 15.1 Å². The Labute approximate surface area is 183 Å². The summed E-state index contributed by atoms with van der Waals surface area (Å²) in [6.45, 7) is 3.28. The summed E-state index contributed by atoms with van der Waals surface area (Å²) in [4.78, 5) is 32.9. The summed E-state index contributed by atoms with van der Waals surface area (Å²) in [6, 6.07) is 5.72. The first-order valence-electron chi connectivity index (χ1n) is 11.4. The number of amides is 2. The number of aliphatic imine (C=N–C) groups is 1. The predicted octanol–water partition coefficient (Wildman–Crippen LogP) is 2.18. The first kappa shape index (κ1) is 21.6. The van der Waals surface area contributed by atoms with Crippen LogP contribution in [-0.4, -0.2) is 65.0 Å². The van der Waals surface area contributed by atoms with E-state index in [9.17, 15) is 14.7 Å². The van der Waals surface area contributed by atoms with Gasteiger partial charge in [-0.2, -0.15) is 0 Å². The second-order valence-corrected chi connectivity index (χ2v) is 8.63. The standard InChI is InChI=1S/C23H32N4O4/c1-2-5-20(16-6-3-4-7-16)27(10-11-28)22(30)15-31-18-8-9-19-17(12-18)13-26-14-21(29)25-23(26)24-19/h8-9,12,16,20,28H,2-7,10-11,13-15H2,1H3,(H,24,25,29). The number of ether oxygens (including phenoxy) is 1. The second kappa shape index (κ2) is 9.68. The summed E-state index contributed by atoms with van der Waals surface area (Å²) < 4.78 is 5.86. The van der Waals surface area contributed by atoms with E-state index in [-0.39, 0.29) is 31.1 Å². The Morgan fingerprint density at radius 2 is 2.16 bits per heavy atom. The second-order valence-electron chi connectivity index (χ2n) is 8.63. The Balaban J connectivity index is 1.41. The van der Waals surface area contributed by atoms with Crippen LogP contribution in [0.3, 0.4) is 0 Å². The van der Waals surface area contributed by atoms with E-state index in [1.165, 1.54) is 12.8 Å². The van der Waals surface area contributed by atoms with Gasteiger partial charge in [0.2, 0.25) is 11.9 Å². The van der Waals surface area contributed by atoms with Crippen molar-refractivity contribution in [2.45, 2.75) is 58.0 Å². The van der Waals surface area contributed by atoms with E-state index in [1.807, 2.05) is 21.9 Å². The van der Waals surface area contributed by atoms with E-state index in [0.29, 0.717) is 37.3 Å². The fraction of sp³-hybridized carbons (Fsp3) is 0.609. The largest absolute Gasteiger partial charge is 0.484 e. The van der Waals surface area contributed by atoms with Crippen LogP contribution < -0.4 is 10.1 Å². The van der Waals surface area contributed by atoms with E-state index in [0.717, 1.165) is 36.9 Å². The lowest BCUT2D eigenvalue weighted by Gasteiger charge is -2.35. The minimum absolute atomic E-state index is 0.0412. The smallest absolute Gasteiger partial charge is 0.260 e. The van der Waals surface area contributed by atoms with Gasteiger partial charge < -0.3 is 19.6 Å². The Kier molecular flexibility index (Phi) is 6.75. The first-order chi connectivity index (χ1) is 15.1. The third-order valence-electron chi connectivity index (χ3n) is 6.48. The first-order valence-corrected chi connectivity index (χ1v) is 11.4. The number of hydrogen-bond donors (Lipinski definition) is 2. The maximum Gasteiger partial charge on any atom is 0.260 e. The summed E-state index contributed by atoms with van der Waals surface area (Å²) >= 11 is 0. The number of nitrogens with one attached hydrogen (secondary N) is 1. The number of aliphatic hydroxyl groups is 1. The molecule has 1 atom stereocenters. The quantitative estimate of drug-likeness (QED) is 0.629. The molecule has 1 saturated carbocycles.